The zero-order valence-electron chi connectivity index (χ0n) is 39.0. The number of fused-ring (bicyclic) bond motifs is 3. The van der Waals surface area contributed by atoms with E-state index in [-0.39, 0.29) is 42.3 Å². The number of rotatable bonds is 14. The highest BCUT2D eigenvalue weighted by atomic mass is 32.1. The summed E-state index contributed by atoms with van der Waals surface area (Å²) in [6, 6.07) is 28.4. The molecule has 358 valence electrons. The fourth-order valence-electron chi connectivity index (χ4n) is 10.3. The zero-order chi connectivity index (χ0) is 48.5. The Bertz CT molecular complexity index is 3170. The number of pyridine rings is 1. The highest BCUT2D eigenvalue weighted by Crippen LogP contribution is 2.36. The van der Waals surface area contributed by atoms with Crippen LogP contribution < -0.4 is 25.6 Å². The Hall–Kier alpha value is -7.50. The van der Waals surface area contributed by atoms with Crippen molar-refractivity contribution in [2.45, 2.75) is 64.3 Å². The van der Waals surface area contributed by atoms with Crippen molar-refractivity contribution in [3.8, 4) is 16.9 Å². The van der Waals surface area contributed by atoms with E-state index in [4.69, 9.17) is 9.72 Å². The summed E-state index contributed by atoms with van der Waals surface area (Å²) in [5.41, 5.74) is 7.24. The SMILES string of the molecule is Cc1c(OCCCC2CCCN(CC(=O)Nc3cccc4c(C5CCC(=O)NC5=O)nn(C)c34)C2)cccc1-c1ccc(N2CCc3cccc(C(=O)Nc4nc5ccccc5s4)c3C2)nc1C(=O)O. The molecule has 4 aromatic carbocycles. The predicted octanol–water partition coefficient (Wildman–Crippen LogP) is 8.10. The Morgan fingerprint density at radius 2 is 1.74 bits per heavy atom. The van der Waals surface area contributed by atoms with Crippen LogP contribution in [0.5, 0.6) is 5.75 Å². The van der Waals surface area contributed by atoms with Gasteiger partial charge in [0.05, 0.1) is 46.2 Å². The molecule has 10 rings (SSSR count). The molecule has 3 aliphatic heterocycles. The minimum atomic E-state index is -1.14. The molecular weight excluding hydrogens is 907 g/mol. The number of piperidine rings is 2. The number of benzene rings is 4. The molecule has 2 saturated heterocycles. The molecule has 0 aliphatic carbocycles. The number of ether oxygens (including phenoxy) is 1. The van der Waals surface area contributed by atoms with Crippen molar-refractivity contribution in [2.24, 2.45) is 13.0 Å². The number of imide groups is 1. The summed E-state index contributed by atoms with van der Waals surface area (Å²) in [5.74, 6) is -1.07. The van der Waals surface area contributed by atoms with Crippen molar-refractivity contribution >= 4 is 78.7 Å². The maximum Gasteiger partial charge on any atom is 0.355 e. The number of nitrogens with zero attached hydrogens (tertiary/aromatic N) is 6. The predicted molar refractivity (Wildman–Crippen MR) is 268 cm³/mol. The van der Waals surface area contributed by atoms with Crippen LogP contribution >= 0.6 is 11.3 Å². The van der Waals surface area contributed by atoms with E-state index in [1.165, 1.54) is 11.3 Å². The summed E-state index contributed by atoms with van der Waals surface area (Å²) >= 11 is 1.42. The van der Waals surface area contributed by atoms with Crippen molar-refractivity contribution in [3.63, 3.8) is 0 Å². The third-order valence-corrected chi connectivity index (χ3v) is 14.7. The highest BCUT2D eigenvalue weighted by Gasteiger charge is 2.33. The van der Waals surface area contributed by atoms with Gasteiger partial charge in [0.1, 0.15) is 11.6 Å². The van der Waals surface area contributed by atoms with Crippen LogP contribution in [0.25, 0.3) is 32.2 Å². The van der Waals surface area contributed by atoms with Gasteiger partial charge in [0.2, 0.25) is 17.7 Å². The third kappa shape index (κ3) is 9.58. The number of carbonyl (C=O) groups excluding carboxylic acids is 4. The van der Waals surface area contributed by atoms with E-state index in [2.05, 4.69) is 30.9 Å². The Morgan fingerprint density at radius 1 is 0.900 bits per heavy atom. The smallest absolute Gasteiger partial charge is 0.355 e. The molecule has 2 fully saturated rings. The number of aryl methyl sites for hydroxylation is 1. The number of para-hydroxylation sites is 2. The van der Waals surface area contributed by atoms with E-state index in [1.807, 2.05) is 103 Å². The molecule has 16 nitrogen and oxygen atoms in total. The maximum absolute atomic E-state index is 13.6. The molecule has 0 radical (unpaired) electrons. The number of anilines is 3. The van der Waals surface area contributed by atoms with E-state index in [9.17, 15) is 29.1 Å². The second-order valence-corrected chi connectivity index (χ2v) is 19.4. The van der Waals surface area contributed by atoms with Crippen LogP contribution in [0, 0.1) is 12.8 Å². The Morgan fingerprint density at radius 3 is 2.59 bits per heavy atom. The average Bonchev–Trinajstić information content (AvgIpc) is 3.93. The number of likely N-dealkylation sites (tertiary alicyclic amines) is 1. The van der Waals surface area contributed by atoms with Crippen molar-refractivity contribution in [1.29, 1.82) is 0 Å². The molecule has 0 saturated carbocycles. The van der Waals surface area contributed by atoms with Crippen LogP contribution in [-0.4, -0.2) is 92.1 Å². The molecule has 2 unspecified atom stereocenters. The second kappa shape index (κ2) is 19.8. The summed E-state index contributed by atoms with van der Waals surface area (Å²) in [6.07, 6.45) is 5.11. The lowest BCUT2D eigenvalue weighted by atomic mass is 9.92. The molecule has 0 bridgehead atoms. The molecule has 70 heavy (non-hydrogen) atoms. The number of aromatic carboxylic acids is 1. The van der Waals surface area contributed by atoms with Gasteiger partial charge in [0, 0.05) is 49.6 Å². The van der Waals surface area contributed by atoms with Gasteiger partial charge in [0.25, 0.3) is 5.91 Å². The van der Waals surface area contributed by atoms with Crippen LogP contribution in [0.1, 0.15) is 87.7 Å². The Balaban J connectivity index is 0.743. The van der Waals surface area contributed by atoms with Gasteiger partial charge in [-0.1, -0.05) is 59.9 Å². The summed E-state index contributed by atoms with van der Waals surface area (Å²) in [4.78, 5) is 77.9. The van der Waals surface area contributed by atoms with Crippen LogP contribution in [-0.2, 0) is 34.4 Å². The van der Waals surface area contributed by atoms with E-state index in [0.717, 1.165) is 82.1 Å². The summed E-state index contributed by atoms with van der Waals surface area (Å²) < 4.78 is 9.02. The van der Waals surface area contributed by atoms with Gasteiger partial charge in [-0.25, -0.2) is 14.8 Å². The molecule has 0 spiro atoms. The van der Waals surface area contributed by atoms with Crippen molar-refractivity contribution < 1.29 is 33.8 Å². The third-order valence-electron chi connectivity index (χ3n) is 13.7. The van der Waals surface area contributed by atoms with Crippen LogP contribution in [0.15, 0.2) is 91.0 Å². The second-order valence-electron chi connectivity index (χ2n) is 18.4. The fraction of sp³-hybridized carbons (Fsp3) is 0.321. The van der Waals surface area contributed by atoms with Crippen LogP contribution in [0.3, 0.4) is 0 Å². The lowest BCUT2D eigenvalue weighted by Crippen LogP contribution is -2.40. The molecule has 3 aromatic heterocycles. The standard InChI is InChI=1S/C53H53N9O7S/c1-31-34(35-20-22-44(56-48(35)52(67)68)62-26-24-33-12-5-14-36(39(33)29-62)50(65)58-53-55-40-16-3-4-19-43(40)70-53)13-7-18-42(31)69-27-9-11-32-10-8-25-61(28-32)30-46(64)54-41-17-6-15-37-47(59-60(2)49(37)41)38-21-23-45(63)57-51(38)66/h3-7,12-20,22,32,38H,8-11,21,23-30H2,1-2H3,(H,54,64)(H,67,68)(H,55,58,65)(H,57,63,66). The first kappa shape index (κ1) is 46.2. The number of amides is 4. The quantitative estimate of drug-likeness (QED) is 0.0604. The van der Waals surface area contributed by atoms with E-state index in [1.54, 1.807) is 11.7 Å². The fourth-order valence-corrected chi connectivity index (χ4v) is 11.2. The van der Waals surface area contributed by atoms with Crippen molar-refractivity contribution in [3.05, 3.63) is 125 Å². The number of aromatic nitrogens is 4. The van der Waals surface area contributed by atoms with E-state index >= 15 is 0 Å². The normalized spacial score (nSPS) is 17.3. The highest BCUT2D eigenvalue weighted by molar-refractivity contribution is 7.22. The lowest BCUT2D eigenvalue weighted by molar-refractivity contribution is -0.134. The van der Waals surface area contributed by atoms with Gasteiger partial charge in [-0.15, -0.1) is 0 Å². The minimum absolute atomic E-state index is 0.0612. The molecule has 2 atom stereocenters. The molecule has 3 aliphatic rings. The van der Waals surface area contributed by atoms with Crippen LogP contribution in [0.4, 0.5) is 16.6 Å². The monoisotopic (exact) mass is 959 g/mol. The number of nitrogens with one attached hydrogen (secondary N) is 3. The molecule has 7 aromatic rings. The Labute approximate surface area is 408 Å². The van der Waals surface area contributed by atoms with Gasteiger partial charge in [-0.05, 0) is 123 Å². The molecule has 6 heterocycles. The molecule has 4 amide bonds. The summed E-state index contributed by atoms with van der Waals surface area (Å²) in [7, 11) is 1.79. The average molecular weight is 960 g/mol. The number of thiazole rings is 1. The van der Waals surface area contributed by atoms with Crippen molar-refractivity contribution in [2.75, 3.05) is 48.3 Å². The number of carboxylic acids is 1. The topological polar surface area (TPSA) is 201 Å². The van der Waals surface area contributed by atoms with Crippen LogP contribution in [0.2, 0.25) is 0 Å². The van der Waals surface area contributed by atoms with Gasteiger partial charge < -0.3 is 20.1 Å². The number of hydrogen-bond donors (Lipinski definition) is 4. The van der Waals surface area contributed by atoms with Gasteiger partial charge in [-0.3, -0.25) is 39.4 Å². The number of hydrogen-bond acceptors (Lipinski definition) is 12. The van der Waals surface area contributed by atoms with Gasteiger partial charge >= 0.3 is 5.97 Å². The zero-order valence-corrected chi connectivity index (χ0v) is 39.8. The Kier molecular flexibility index (Phi) is 13.1. The first-order chi connectivity index (χ1) is 34.0. The van der Waals surface area contributed by atoms with E-state index < -0.39 is 11.9 Å². The molecule has 4 N–H and O–H groups in total. The summed E-state index contributed by atoms with van der Waals surface area (Å²) in [6.45, 7) is 5.29. The lowest BCUT2D eigenvalue weighted by Gasteiger charge is -2.32. The largest absolute Gasteiger partial charge is 0.493 e. The number of carbonyl (C=O) groups is 5. The first-order valence-corrected chi connectivity index (χ1v) is 24.6. The summed E-state index contributed by atoms with van der Waals surface area (Å²) in [5, 5.41) is 24.9. The van der Waals surface area contributed by atoms with Gasteiger partial charge in [-0.2, -0.15) is 5.10 Å². The molecule has 17 heteroatoms. The molecular formula is C53H53N9O7S. The minimum Gasteiger partial charge on any atom is -0.493 e. The van der Waals surface area contributed by atoms with E-state index in [0.29, 0.717) is 77.7 Å². The van der Waals surface area contributed by atoms with Crippen molar-refractivity contribution in [1.82, 2.24) is 30.0 Å². The first-order valence-electron chi connectivity index (χ1n) is 23.8. The van der Waals surface area contributed by atoms with Gasteiger partial charge in [0.15, 0.2) is 10.8 Å². The number of carboxylic acid groups (broad SMARTS) is 1. The maximum atomic E-state index is 13.6.